The Morgan fingerprint density at radius 1 is 1.02 bits per heavy atom. The van der Waals surface area contributed by atoms with Gasteiger partial charge in [0.1, 0.15) is 11.7 Å². The number of likely N-dealkylation sites (tertiary alicyclic amines) is 1. The molecule has 4 aromatic rings. The van der Waals surface area contributed by atoms with E-state index in [1.807, 2.05) is 79.7 Å². The van der Waals surface area contributed by atoms with Crippen molar-refractivity contribution in [1.29, 1.82) is 0 Å². The van der Waals surface area contributed by atoms with E-state index >= 15 is 0 Å². The first-order valence-corrected chi connectivity index (χ1v) is 15.1. The maximum atomic E-state index is 13.6. The Kier molecular flexibility index (Phi) is 9.74. The van der Waals surface area contributed by atoms with Crippen LogP contribution in [0.15, 0.2) is 85.1 Å². The summed E-state index contributed by atoms with van der Waals surface area (Å²) in [5.41, 5.74) is 3.52. The highest BCUT2D eigenvalue weighted by Gasteiger charge is 2.35. The predicted molar refractivity (Wildman–Crippen MR) is 169 cm³/mol. The summed E-state index contributed by atoms with van der Waals surface area (Å²) in [5, 5.41) is 3.77. The molecule has 9 heteroatoms. The van der Waals surface area contributed by atoms with E-state index in [4.69, 9.17) is 0 Å². The molecule has 2 unspecified atom stereocenters. The summed E-state index contributed by atoms with van der Waals surface area (Å²) in [6, 6.07) is 22.9. The van der Waals surface area contributed by atoms with E-state index in [0.29, 0.717) is 37.7 Å². The number of hydrogen-bond acceptors (Lipinski definition) is 6. The number of pyridine rings is 2. The number of carbonyl (C=O) groups excluding carboxylic acids is 4. The van der Waals surface area contributed by atoms with Crippen LogP contribution in [0.2, 0.25) is 0 Å². The van der Waals surface area contributed by atoms with Crippen molar-refractivity contribution in [2.45, 2.75) is 51.1 Å². The van der Waals surface area contributed by atoms with Gasteiger partial charge in [0.2, 0.25) is 11.8 Å². The largest absolute Gasteiger partial charge is 0.339 e. The van der Waals surface area contributed by atoms with Gasteiger partial charge in [0, 0.05) is 30.7 Å². The zero-order valence-corrected chi connectivity index (χ0v) is 25.1. The second-order valence-electron chi connectivity index (χ2n) is 11.2. The van der Waals surface area contributed by atoms with Crippen LogP contribution < -0.4 is 5.32 Å². The number of para-hydroxylation sites is 1. The van der Waals surface area contributed by atoms with Crippen molar-refractivity contribution in [3.63, 3.8) is 0 Å². The summed E-state index contributed by atoms with van der Waals surface area (Å²) in [7, 11) is 1.61. The molecule has 1 saturated heterocycles. The summed E-state index contributed by atoms with van der Waals surface area (Å²) >= 11 is 0. The molecule has 44 heavy (non-hydrogen) atoms. The van der Waals surface area contributed by atoms with Crippen LogP contribution in [-0.4, -0.2) is 75.5 Å². The minimum Gasteiger partial charge on any atom is -0.339 e. The van der Waals surface area contributed by atoms with Crippen LogP contribution in [0.5, 0.6) is 0 Å². The minimum absolute atomic E-state index is 0.0626. The van der Waals surface area contributed by atoms with Gasteiger partial charge in [-0.2, -0.15) is 0 Å². The number of hydrogen-bond donors (Lipinski definition) is 1. The molecule has 9 nitrogen and oxygen atoms in total. The average Bonchev–Trinajstić information content (AvgIpc) is 3.25. The molecule has 1 aliphatic rings. The van der Waals surface area contributed by atoms with Crippen molar-refractivity contribution >= 4 is 34.4 Å². The van der Waals surface area contributed by atoms with Gasteiger partial charge in [-0.25, -0.2) is 4.98 Å². The fourth-order valence-corrected chi connectivity index (χ4v) is 5.66. The van der Waals surface area contributed by atoms with E-state index in [1.165, 1.54) is 4.90 Å². The third kappa shape index (κ3) is 7.16. The lowest BCUT2D eigenvalue weighted by Crippen LogP contribution is -2.53. The molecule has 3 heterocycles. The first-order valence-electron chi connectivity index (χ1n) is 15.1. The Balaban J connectivity index is 1.22. The van der Waals surface area contributed by atoms with Crippen LogP contribution >= 0.6 is 0 Å². The second kappa shape index (κ2) is 14.0. The molecule has 0 spiro atoms. The van der Waals surface area contributed by atoms with Gasteiger partial charge in [-0.3, -0.25) is 24.2 Å². The van der Waals surface area contributed by atoms with E-state index in [0.717, 1.165) is 22.2 Å². The van der Waals surface area contributed by atoms with Crippen molar-refractivity contribution in [2.75, 3.05) is 20.1 Å². The van der Waals surface area contributed by atoms with Crippen molar-refractivity contribution in [1.82, 2.24) is 25.1 Å². The number of carbonyl (C=O) groups is 4. The fraction of sp³-hybridized carbons (Fsp3) is 0.314. The summed E-state index contributed by atoms with van der Waals surface area (Å²) in [6.45, 7) is 2.31. The highest BCUT2D eigenvalue weighted by atomic mass is 16.2. The highest BCUT2D eigenvalue weighted by molar-refractivity contribution is 5.99. The van der Waals surface area contributed by atoms with E-state index in [1.54, 1.807) is 24.2 Å². The number of ketones is 1. The van der Waals surface area contributed by atoms with E-state index in [9.17, 15) is 19.2 Å². The molecule has 1 fully saturated rings. The summed E-state index contributed by atoms with van der Waals surface area (Å²) < 4.78 is 0. The second-order valence-corrected chi connectivity index (χ2v) is 11.2. The topological polar surface area (TPSA) is 113 Å². The van der Waals surface area contributed by atoms with Crippen molar-refractivity contribution in [2.24, 2.45) is 0 Å². The van der Waals surface area contributed by atoms with E-state index < -0.39 is 18.0 Å². The SMILES string of the molecule is CCCC(NC(=O)c1ccc2ccccc2n1)C(=O)N(C)C1CCCN(C(=O)Cc2cccc(-c3ccccn3)c2)CC1=O. The first-order chi connectivity index (χ1) is 21.3. The van der Waals surface area contributed by atoms with Crippen LogP contribution in [-0.2, 0) is 20.8 Å². The molecule has 226 valence electrons. The third-order valence-corrected chi connectivity index (χ3v) is 8.05. The van der Waals surface area contributed by atoms with Crippen molar-refractivity contribution in [3.05, 3.63) is 96.3 Å². The Labute approximate surface area is 257 Å². The zero-order chi connectivity index (χ0) is 31.1. The van der Waals surface area contributed by atoms with Crippen LogP contribution in [0.25, 0.3) is 22.2 Å². The molecule has 2 aromatic carbocycles. The number of aromatic nitrogens is 2. The number of likely N-dealkylation sites (N-methyl/N-ethyl adjacent to an activating group) is 1. The van der Waals surface area contributed by atoms with Gasteiger partial charge in [-0.1, -0.05) is 61.9 Å². The summed E-state index contributed by atoms with van der Waals surface area (Å²) in [6.07, 6.45) is 4.01. The third-order valence-electron chi connectivity index (χ3n) is 8.05. The number of nitrogens with zero attached hydrogens (tertiary/aromatic N) is 4. The predicted octanol–water partition coefficient (Wildman–Crippen LogP) is 4.46. The van der Waals surface area contributed by atoms with Gasteiger partial charge in [0.25, 0.3) is 5.91 Å². The number of benzene rings is 2. The van der Waals surface area contributed by atoms with Gasteiger partial charge >= 0.3 is 0 Å². The molecular weight excluding hydrogens is 554 g/mol. The molecule has 0 aliphatic carbocycles. The Hall–Kier alpha value is -4.92. The molecule has 1 aliphatic heterocycles. The van der Waals surface area contributed by atoms with Crippen LogP contribution in [0.4, 0.5) is 0 Å². The molecule has 2 aromatic heterocycles. The Morgan fingerprint density at radius 2 is 1.84 bits per heavy atom. The van der Waals surface area contributed by atoms with E-state index in [2.05, 4.69) is 15.3 Å². The number of Topliss-reactive ketones (excluding diaryl/α,β-unsaturated/α-hetero) is 1. The van der Waals surface area contributed by atoms with Crippen LogP contribution in [0, 0.1) is 0 Å². The smallest absolute Gasteiger partial charge is 0.270 e. The number of amides is 3. The maximum absolute atomic E-state index is 13.6. The summed E-state index contributed by atoms with van der Waals surface area (Å²) in [5.74, 6) is -1.09. The minimum atomic E-state index is -0.800. The van der Waals surface area contributed by atoms with Gasteiger partial charge in [0.15, 0.2) is 5.78 Å². The zero-order valence-electron chi connectivity index (χ0n) is 25.1. The fourth-order valence-electron chi connectivity index (χ4n) is 5.66. The lowest BCUT2D eigenvalue weighted by Gasteiger charge is -2.30. The van der Waals surface area contributed by atoms with Gasteiger partial charge < -0.3 is 15.1 Å². The van der Waals surface area contributed by atoms with Gasteiger partial charge in [-0.05, 0) is 55.2 Å². The lowest BCUT2D eigenvalue weighted by molar-refractivity contribution is -0.141. The lowest BCUT2D eigenvalue weighted by atomic mass is 10.0. The van der Waals surface area contributed by atoms with Crippen molar-refractivity contribution < 1.29 is 19.2 Å². The van der Waals surface area contributed by atoms with Crippen LogP contribution in [0.1, 0.15) is 48.7 Å². The Bertz CT molecular complexity index is 1660. The van der Waals surface area contributed by atoms with Crippen LogP contribution in [0.3, 0.4) is 0 Å². The molecule has 0 saturated carbocycles. The molecular formula is C35H37N5O4. The van der Waals surface area contributed by atoms with Crippen molar-refractivity contribution in [3.8, 4) is 11.3 Å². The number of nitrogens with one attached hydrogen (secondary N) is 1. The molecule has 2 atom stereocenters. The monoisotopic (exact) mass is 591 g/mol. The Morgan fingerprint density at radius 3 is 2.64 bits per heavy atom. The molecule has 5 rings (SSSR count). The number of rotatable bonds is 9. The molecule has 0 bridgehead atoms. The molecule has 0 radical (unpaired) electrons. The quantitative estimate of drug-likeness (QED) is 0.308. The molecule has 1 N–H and O–H groups in total. The average molecular weight is 592 g/mol. The highest BCUT2D eigenvalue weighted by Crippen LogP contribution is 2.20. The van der Waals surface area contributed by atoms with Gasteiger partial charge in [0.05, 0.1) is 30.2 Å². The summed E-state index contributed by atoms with van der Waals surface area (Å²) in [4.78, 5) is 65.3. The number of fused-ring (bicyclic) bond motifs is 1. The van der Waals surface area contributed by atoms with Gasteiger partial charge in [-0.15, -0.1) is 0 Å². The normalized spacial score (nSPS) is 15.8. The van der Waals surface area contributed by atoms with E-state index in [-0.39, 0.29) is 36.3 Å². The molecule has 3 amide bonds. The maximum Gasteiger partial charge on any atom is 0.270 e. The standard InChI is InChI=1S/C35H37N5O4/c1-3-10-30(38-34(43)29-18-17-25-12-4-5-15-28(25)37-29)35(44)39(2)31-16-9-20-40(23-32(31)41)33(42)22-24-11-8-13-26(21-24)27-14-6-7-19-36-27/h4-8,11-15,17-19,21,30-31H,3,9-10,16,20,22-23H2,1-2H3,(H,38,43). The first kappa shape index (κ1) is 30.5.